The van der Waals surface area contributed by atoms with Gasteiger partial charge in [-0.1, -0.05) is 24.3 Å². The van der Waals surface area contributed by atoms with Gasteiger partial charge in [-0.25, -0.2) is 0 Å². The van der Waals surface area contributed by atoms with Gasteiger partial charge in [-0.15, -0.1) is 0 Å². The Bertz CT molecular complexity index is 721. The maximum atomic E-state index is 11.7. The number of benzene rings is 2. The van der Waals surface area contributed by atoms with Crippen molar-refractivity contribution in [1.29, 1.82) is 0 Å². The molecule has 0 aromatic heterocycles. The van der Waals surface area contributed by atoms with E-state index in [4.69, 9.17) is 9.47 Å². The maximum Gasteiger partial charge on any atom is 0.311 e. The summed E-state index contributed by atoms with van der Waals surface area (Å²) in [5.74, 6) is 0.136. The third-order valence-electron chi connectivity index (χ3n) is 5.05. The van der Waals surface area contributed by atoms with Crippen LogP contribution in [0, 0.1) is 0 Å². The van der Waals surface area contributed by atoms with Crippen LogP contribution in [0.25, 0.3) is 0 Å². The van der Waals surface area contributed by atoms with Crippen LogP contribution in [-0.4, -0.2) is 49.3 Å². The summed E-state index contributed by atoms with van der Waals surface area (Å²) in [6, 6.07) is 15.0. The van der Waals surface area contributed by atoms with Gasteiger partial charge in [0, 0.05) is 6.54 Å². The fourth-order valence-electron chi connectivity index (χ4n) is 3.44. The summed E-state index contributed by atoms with van der Waals surface area (Å²) in [7, 11) is 1.60. The Balaban J connectivity index is 1.56. The number of aliphatic carboxylic acids is 1. The van der Waals surface area contributed by atoms with Crippen LogP contribution in [0.15, 0.2) is 48.5 Å². The highest BCUT2D eigenvalue weighted by molar-refractivity contribution is 5.76. The molecule has 5 nitrogen and oxygen atoms in total. The number of hydrogen-bond acceptors (Lipinski definition) is 4. The zero-order valence-corrected chi connectivity index (χ0v) is 15.8. The average molecular weight is 369 g/mol. The van der Waals surface area contributed by atoms with Crippen molar-refractivity contribution in [2.75, 3.05) is 33.4 Å². The van der Waals surface area contributed by atoms with Gasteiger partial charge in [0.25, 0.3) is 0 Å². The Morgan fingerprint density at radius 1 is 1.04 bits per heavy atom. The average Bonchev–Trinajstić information content (AvgIpc) is 3.21. The molecule has 5 heteroatoms. The monoisotopic (exact) mass is 369 g/mol. The Morgan fingerprint density at radius 3 is 2.26 bits per heavy atom. The number of carboxylic acid groups (broad SMARTS) is 1. The summed E-state index contributed by atoms with van der Waals surface area (Å²) in [4.78, 5) is 14.1. The normalized spacial score (nSPS) is 15.4. The Kier molecular flexibility index (Phi) is 6.71. The summed E-state index contributed by atoms with van der Waals surface area (Å²) in [5, 5.41) is 9.63. The number of hydrogen-bond donors (Lipinski definition) is 1. The summed E-state index contributed by atoms with van der Waals surface area (Å²) >= 11 is 0. The second kappa shape index (κ2) is 9.42. The molecule has 0 aliphatic carbocycles. The first-order valence-electron chi connectivity index (χ1n) is 9.46. The van der Waals surface area contributed by atoms with Crippen LogP contribution in [0.1, 0.15) is 29.9 Å². The molecule has 0 amide bonds. The van der Waals surface area contributed by atoms with E-state index in [-0.39, 0.29) is 0 Å². The molecular weight excluding hydrogens is 342 g/mol. The molecule has 1 aliphatic rings. The van der Waals surface area contributed by atoms with E-state index in [0.717, 1.165) is 29.2 Å². The number of rotatable bonds is 9. The highest BCUT2D eigenvalue weighted by Gasteiger charge is 2.20. The molecule has 0 spiro atoms. The number of likely N-dealkylation sites (tertiary alicyclic amines) is 1. The van der Waals surface area contributed by atoms with Crippen molar-refractivity contribution >= 4 is 5.97 Å². The van der Waals surface area contributed by atoms with Crippen molar-refractivity contribution in [3.8, 4) is 11.5 Å². The van der Waals surface area contributed by atoms with Crippen LogP contribution >= 0.6 is 0 Å². The lowest BCUT2D eigenvalue weighted by molar-refractivity contribution is -0.138. The molecule has 1 saturated heterocycles. The van der Waals surface area contributed by atoms with E-state index in [1.165, 1.54) is 25.9 Å². The van der Waals surface area contributed by atoms with Crippen LogP contribution in [-0.2, 0) is 11.2 Å². The van der Waals surface area contributed by atoms with Gasteiger partial charge in [-0.3, -0.25) is 9.69 Å². The van der Waals surface area contributed by atoms with E-state index < -0.39 is 11.9 Å². The molecule has 2 aromatic carbocycles. The highest BCUT2D eigenvalue weighted by Crippen LogP contribution is 2.25. The summed E-state index contributed by atoms with van der Waals surface area (Å²) in [6.07, 6.45) is 3.01. The molecule has 1 N–H and O–H groups in total. The molecule has 1 unspecified atom stereocenters. The lowest BCUT2D eigenvalue weighted by atomic mass is 9.92. The third kappa shape index (κ3) is 5.47. The number of ether oxygens (including phenoxy) is 2. The molecule has 0 radical (unpaired) electrons. The van der Waals surface area contributed by atoms with E-state index >= 15 is 0 Å². The number of carboxylic acids is 1. The second-order valence-electron chi connectivity index (χ2n) is 6.91. The Morgan fingerprint density at radius 2 is 1.67 bits per heavy atom. The molecule has 1 atom stereocenters. The predicted molar refractivity (Wildman–Crippen MR) is 105 cm³/mol. The molecule has 27 heavy (non-hydrogen) atoms. The molecule has 3 rings (SSSR count). The van der Waals surface area contributed by atoms with Crippen LogP contribution in [0.5, 0.6) is 11.5 Å². The maximum absolute atomic E-state index is 11.7. The first-order valence-corrected chi connectivity index (χ1v) is 9.46. The first-order chi connectivity index (χ1) is 13.2. The fraction of sp³-hybridized carbons (Fsp3) is 0.409. The van der Waals surface area contributed by atoms with Crippen molar-refractivity contribution in [2.45, 2.75) is 25.2 Å². The fourth-order valence-corrected chi connectivity index (χ4v) is 3.44. The number of nitrogens with zero attached hydrogens (tertiary/aromatic N) is 1. The summed E-state index contributed by atoms with van der Waals surface area (Å²) in [5.41, 5.74) is 1.75. The first kappa shape index (κ1) is 19.2. The van der Waals surface area contributed by atoms with Gasteiger partial charge in [0.1, 0.15) is 18.1 Å². The van der Waals surface area contributed by atoms with Gasteiger partial charge in [0.2, 0.25) is 0 Å². The van der Waals surface area contributed by atoms with Crippen molar-refractivity contribution in [3.63, 3.8) is 0 Å². The zero-order valence-electron chi connectivity index (χ0n) is 15.8. The van der Waals surface area contributed by atoms with E-state index in [9.17, 15) is 9.90 Å². The molecule has 1 fully saturated rings. The summed E-state index contributed by atoms with van der Waals surface area (Å²) < 4.78 is 11.0. The lowest BCUT2D eigenvalue weighted by Gasteiger charge is -2.16. The summed E-state index contributed by atoms with van der Waals surface area (Å²) in [6.45, 7) is 3.98. The van der Waals surface area contributed by atoms with Crippen molar-refractivity contribution in [3.05, 3.63) is 59.7 Å². The smallest absolute Gasteiger partial charge is 0.311 e. The molecule has 1 heterocycles. The van der Waals surface area contributed by atoms with Gasteiger partial charge in [0.05, 0.1) is 13.0 Å². The SMILES string of the molecule is COc1ccc(C(Cc2ccc(OCCN3CCCC3)cc2)C(=O)O)cc1. The van der Waals surface area contributed by atoms with E-state index in [1.54, 1.807) is 19.2 Å². The largest absolute Gasteiger partial charge is 0.497 e. The van der Waals surface area contributed by atoms with Crippen molar-refractivity contribution in [1.82, 2.24) is 4.90 Å². The van der Waals surface area contributed by atoms with E-state index in [1.807, 2.05) is 36.4 Å². The van der Waals surface area contributed by atoms with E-state index in [0.29, 0.717) is 13.0 Å². The van der Waals surface area contributed by atoms with E-state index in [2.05, 4.69) is 4.90 Å². The molecule has 144 valence electrons. The van der Waals surface area contributed by atoms with Crippen LogP contribution in [0.2, 0.25) is 0 Å². The number of carbonyl (C=O) groups is 1. The molecular formula is C22H27NO4. The standard InChI is InChI=1S/C22H27NO4/c1-26-19-10-6-18(7-11-19)21(22(24)25)16-17-4-8-20(9-5-17)27-15-14-23-12-2-3-13-23/h4-11,21H,2-3,12-16H2,1H3,(H,24,25). The Hall–Kier alpha value is -2.53. The lowest BCUT2D eigenvalue weighted by Crippen LogP contribution is -2.25. The minimum absolute atomic E-state index is 0.440. The van der Waals surface area contributed by atoms with Gasteiger partial charge < -0.3 is 14.6 Å². The number of methoxy groups -OCH3 is 1. The van der Waals surface area contributed by atoms with Crippen LogP contribution < -0.4 is 9.47 Å². The quantitative estimate of drug-likeness (QED) is 0.732. The second-order valence-corrected chi connectivity index (χ2v) is 6.91. The third-order valence-corrected chi connectivity index (χ3v) is 5.05. The van der Waals surface area contributed by atoms with Crippen molar-refractivity contribution < 1.29 is 19.4 Å². The topological polar surface area (TPSA) is 59.0 Å². The molecule has 0 bridgehead atoms. The molecule has 1 aliphatic heterocycles. The van der Waals surface area contributed by atoms with Gasteiger partial charge in [-0.2, -0.15) is 0 Å². The van der Waals surface area contributed by atoms with Crippen LogP contribution in [0.4, 0.5) is 0 Å². The minimum atomic E-state index is -0.828. The minimum Gasteiger partial charge on any atom is -0.497 e. The highest BCUT2D eigenvalue weighted by atomic mass is 16.5. The molecule has 0 saturated carbocycles. The predicted octanol–water partition coefficient (Wildman–Crippen LogP) is 3.58. The Labute approximate surface area is 160 Å². The molecule has 2 aromatic rings. The van der Waals surface area contributed by atoms with Crippen molar-refractivity contribution in [2.24, 2.45) is 0 Å². The van der Waals surface area contributed by atoms with Gasteiger partial charge >= 0.3 is 5.97 Å². The van der Waals surface area contributed by atoms with Gasteiger partial charge in [-0.05, 0) is 67.7 Å². The zero-order chi connectivity index (χ0) is 19.1. The van der Waals surface area contributed by atoms with Crippen LogP contribution in [0.3, 0.4) is 0 Å². The van der Waals surface area contributed by atoms with Gasteiger partial charge in [0.15, 0.2) is 0 Å².